The Labute approximate surface area is 182 Å². The molecule has 1 unspecified atom stereocenters. The molecule has 2 aromatic rings. The normalized spacial score (nSPS) is 23.7. The number of alkyl halides is 3. The third-order valence-electron chi connectivity index (χ3n) is 6.96. The SMILES string of the molecule is Fc1cccc(C(CC2CCCC2)N[C@@H]2CC[CH]C[C@H]2c2ccc(C(F)(F)F)cc2)c1. The van der Waals surface area contributed by atoms with Crippen molar-refractivity contribution in [1.82, 2.24) is 5.32 Å². The van der Waals surface area contributed by atoms with E-state index in [9.17, 15) is 17.6 Å². The lowest BCUT2D eigenvalue weighted by atomic mass is 9.79. The van der Waals surface area contributed by atoms with Crippen molar-refractivity contribution in [2.24, 2.45) is 5.92 Å². The Hall–Kier alpha value is -1.88. The number of halogens is 4. The van der Waals surface area contributed by atoms with Crippen LogP contribution in [0.2, 0.25) is 0 Å². The third-order valence-corrected chi connectivity index (χ3v) is 6.96. The largest absolute Gasteiger partial charge is 0.416 e. The highest BCUT2D eigenvalue weighted by atomic mass is 19.4. The summed E-state index contributed by atoms with van der Waals surface area (Å²) in [6, 6.07) is 12.6. The van der Waals surface area contributed by atoms with Crippen LogP contribution in [0.5, 0.6) is 0 Å². The Morgan fingerprint density at radius 2 is 1.71 bits per heavy atom. The van der Waals surface area contributed by atoms with Gasteiger partial charge in [-0.05, 0) is 79.3 Å². The zero-order chi connectivity index (χ0) is 21.8. The van der Waals surface area contributed by atoms with Crippen LogP contribution in [0.25, 0.3) is 0 Å². The molecule has 0 heterocycles. The van der Waals surface area contributed by atoms with E-state index in [0.29, 0.717) is 5.92 Å². The van der Waals surface area contributed by atoms with E-state index in [4.69, 9.17) is 0 Å². The maximum atomic E-state index is 14.0. The fourth-order valence-corrected chi connectivity index (χ4v) is 5.31. The van der Waals surface area contributed by atoms with E-state index in [1.165, 1.54) is 43.9 Å². The summed E-state index contributed by atoms with van der Waals surface area (Å²) in [6.07, 6.45) is 6.58. The van der Waals surface area contributed by atoms with Crippen molar-refractivity contribution >= 4 is 0 Å². The quantitative estimate of drug-likeness (QED) is 0.464. The summed E-state index contributed by atoms with van der Waals surface area (Å²) in [5.41, 5.74) is 1.28. The molecule has 2 saturated carbocycles. The molecule has 2 aromatic carbocycles. The summed E-state index contributed by atoms with van der Waals surface area (Å²) in [4.78, 5) is 0. The molecule has 2 aliphatic rings. The molecular formula is C26H30F4N. The summed E-state index contributed by atoms with van der Waals surface area (Å²) in [6.45, 7) is 0. The van der Waals surface area contributed by atoms with Crippen molar-refractivity contribution in [2.45, 2.75) is 75.5 Å². The van der Waals surface area contributed by atoms with Gasteiger partial charge in [0.2, 0.25) is 0 Å². The van der Waals surface area contributed by atoms with E-state index in [0.717, 1.165) is 36.8 Å². The van der Waals surface area contributed by atoms with Gasteiger partial charge in [0.05, 0.1) is 5.56 Å². The molecule has 31 heavy (non-hydrogen) atoms. The Morgan fingerprint density at radius 1 is 0.968 bits per heavy atom. The van der Waals surface area contributed by atoms with Crippen molar-refractivity contribution in [3.63, 3.8) is 0 Å². The highest BCUT2D eigenvalue weighted by Crippen LogP contribution is 2.38. The van der Waals surface area contributed by atoms with E-state index in [1.807, 2.05) is 6.07 Å². The van der Waals surface area contributed by atoms with Gasteiger partial charge in [-0.2, -0.15) is 13.2 Å². The molecule has 5 heteroatoms. The number of rotatable bonds is 6. The van der Waals surface area contributed by atoms with E-state index < -0.39 is 11.7 Å². The molecule has 2 fully saturated rings. The predicted molar refractivity (Wildman–Crippen MR) is 115 cm³/mol. The highest BCUT2D eigenvalue weighted by molar-refractivity contribution is 5.29. The second kappa shape index (κ2) is 9.72. The number of nitrogens with one attached hydrogen (secondary N) is 1. The van der Waals surface area contributed by atoms with Crippen LogP contribution in [0.3, 0.4) is 0 Å². The molecule has 0 aliphatic heterocycles. The van der Waals surface area contributed by atoms with Crippen LogP contribution >= 0.6 is 0 Å². The molecule has 3 atom stereocenters. The lowest BCUT2D eigenvalue weighted by molar-refractivity contribution is -0.137. The van der Waals surface area contributed by atoms with Gasteiger partial charge in [-0.25, -0.2) is 4.39 Å². The minimum Gasteiger partial charge on any atom is -0.307 e. The lowest BCUT2D eigenvalue weighted by Crippen LogP contribution is -2.40. The van der Waals surface area contributed by atoms with Crippen LogP contribution in [0, 0.1) is 18.2 Å². The standard InChI is InChI=1S/C26H30F4N/c27-22-9-5-8-20(17-22)25(16-18-6-1-2-7-18)31-24-11-4-3-10-23(24)19-12-14-21(15-13-19)26(28,29)30/h3,5,8-9,12-15,17-18,23-25,31H,1-2,4,6-7,10-11,16H2/t23-,24+,25?/m0/s1. The summed E-state index contributed by atoms with van der Waals surface area (Å²) >= 11 is 0. The number of hydrogen-bond acceptors (Lipinski definition) is 1. The van der Waals surface area contributed by atoms with Crippen LogP contribution in [-0.2, 0) is 6.18 Å². The molecule has 0 aromatic heterocycles. The van der Waals surface area contributed by atoms with Gasteiger partial charge in [-0.1, -0.05) is 49.9 Å². The lowest BCUT2D eigenvalue weighted by Gasteiger charge is -2.36. The van der Waals surface area contributed by atoms with Crippen molar-refractivity contribution in [3.8, 4) is 0 Å². The van der Waals surface area contributed by atoms with E-state index in [1.54, 1.807) is 24.3 Å². The zero-order valence-corrected chi connectivity index (χ0v) is 17.7. The van der Waals surface area contributed by atoms with E-state index >= 15 is 0 Å². The first-order valence-corrected chi connectivity index (χ1v) is 11.4. The molecule has 1 radical (unpaired) electrons. The van der Waals surface area contributed by atoms with Crippen LogP contribution in [0.1, 0.15) is 80.0 Å². The molecular weight excluding hydrogens is 402 g/mol. The van der Waals surface area contributed by atoms with Gasteiger partial charge in [0.15, 0.2) is 0 Å². The maximum absolute atomic E-state index is 14.0. The van der Waals surface area contributed by atoms with Gasteiger partial charge in [0.25, 0.3) is 0 Å². The fourth-order valence-electron chi connectivity index (χ4n) is 5.31. The van der Waals surface area contributed by atoms with Gasteiger partial charge < -0.3 is 5.32 Å². The number of benzene rings is 2. The molecule has 4 rings (SSSR count). The smallest absolute Gasteiger partial charge is 0.307 e. The monoisotopic (exact) mass is 432 g/mol. The van der Waals surface area contributed by atoms with Gasteiger partial charge in [-0.15, -0.1) is 0 Å². The molecule has 0 saturated heterocycles. The van der Waals surface area contributed by atoms with Crippen LogP contribution < -0.4 is 5.32 Å². The first-order chi connectivity index (χ1) is 14.9. The Bertz CT molecular complexity index is 839. The van der Waals surface area contributed by atoms with Crippen LogP contribution in [0.15, 0.2) is 48.5 Å². The van der Waals surface area contributed by atoms with Crippen LogP contribution in [0.4, 0.5) is 17.6 Å². The first kappa shape index (κ1) is 22.3. The summed E-state index contributed by atoms with van der Waals surface area (Å²) < 4.78 is 52.9. The van der Waals surface area contributed by atoms with Crippen molar-refractivity contribution < 1.29 is 17.6 Å². The number of hydrogen-bond donors (Lipinski definition) is 1. The fraction of sp³-hybridized carbons (Fsp3) is 0.500. The minimum absolute atomic E-state index is 0.0545. The van der Waals surface area contributed by atoms with Crippen LogP contribution in [-0.4, -0.2) is 6.04 Å². The highest BCUT2D eigenvalue weighted by Gasteiger charge is 2.33. The molecule has 167 valence electrons. The zero-order valence-electron chi connectivity index (χ0n) is 17.7. The molecule has 1 N–H and O–H groups in total. The van der Waals surface area contributed by atoms with Crippen molar-refractivity contribution in [3.05, 3.63) is 77.5 Å². The average Bonchev–Trinajstić information content (AvgIpc) is 3.26. The maximum Gasteiger partial charge on any atom is 0.416 e. The Balaban J connectivity index is 1.55. The predicted octanol–water partition coefficient (Wildman–Crippen LogP) is 7.60. The molecule has 0 bridgehead atoms. The van der Waals surface area contributed by atoms with Gasteiger partial charge in [0.1, 0.15) is 5.82 Å². The van der Waals surface area contributed by atoms with E-state index in [-0.39, 0.29) is 23.8 Å². The van der Waals surface area contributed by atoms with E-state index in [2.05, 4.69) is 11.7 Å². The summed E-state index contributed by atoms with van der Waals surface area (Å²) in [7, 11) is 0. The summed E-state index contributed by atoms with van der Waals surface area (Å²) in [5, 5.41) is 3.81. The third kappa shape index (κ3) is 5.68. The second-order valence-corrected chi connectivity index (χ2v) is 9.09. The first-order valence-electron chi connectivity index (χ1n) is 11.4. The minimum atomic E-state index is -4.32. The Morgan fingerprint density at radius 3 is 2.39 bits per heavy atom. The summed E-state index contributed by atoms with van der Waals surface area (Å²) in [5.74, 6) is 0.531. The van der Waals surface area contributed by atoms with Gasteiger partial charge >= 0.3 is 6.18 Å². The van der Waals surface area contributed by atoms with Gasteiger partial charge in [-0.3, -0.25) is 0 Å². The Kier molecular flexibility index (Phi) is 7.00. The van der Waals surface area contributed by atoms with Crippen molar-refractivity contribution in [2.75, 3.05) is 0 Å². The topological polar surface area (TPSA) is 12.0 Å². The molecule has 2 aliphatic carbocycles. The molecule has 0 amide bonds. The van der Waals surface area contributed by atoms with Gasteiger partial charge in [0, 0.05) is 12.1 Å². The van der Waals surface area contributed by atoms with Crippen molar-refractivity contribution in [1.29, 1.82) is 0 Å². The average molecular weight is 433 g/mol. The molecule has 0 spiro atoms. The second-order valence-electron chi connectivity index (χ2n) is 9.09. The molecule has 1 nitrogen and oxygen atoms in total.